The lowest BCUT2D eigenvalue weighted by atomic mass is 10.1. The Hall–Kier alpha value is -3.27. The lowest BCUT2D eigenvalue weighted by molar-refractivity contribution is 0.0593. The van der Waals surface area contributed by atoms with Crippen LogP contribution in [0.4, 0.5) is 5.69 Å². The number of carbonyl (C=O) groups is 2. The summed E-state index contributed by atoms with van der Waals surface area (Å²) in [5.41, 5.74) is 6.92. The fraction of sp³-hybridized carbons (Fsp3) is 0.235. The highest BCUT2D eigenvalue weighted by Crippen LogP contribution is 2.31. The number of nitrogens with zero attached hydrogens (tertiary/aromatic N) is 2. The van der Waals surface area contributed by atoms with Gasteiger partial charge >= 0.3 is 5.97 Å². The summed E-state index contributed by atoms with van der Waals surface area (Å²) in [6, 6.07) is 6.79. The maximum atomic E-state index is 12.1. The summed E-state index contributed by atoms with van der Waals surface area (Å²) in [7, 11) is 1.22. The van der Waals surface area contributed by atoms with E-state index in [4.69, 9.17) is 15.2 Å². The average molecular weight is 327 g/mol. The number of Topliss-reactive ketones (excluding diaryl/α,β-unsaturated/α-hetero) is 1. The number of nitrogen functional groups attached to an aromatic ring is 1. The van der Waals surface area contributed by atoms with Crippen LogP contribution in [0.15, 0.2) is 24.4 Å². The summed E-state index contributed by atoms with van der Waals surface area (Å²) in [5.74, 6) is -0.378. The SMILES string of the molecule is CCOc1ccc(C(C)=O)cc1-n1cc(C#N)c(N)c1C(=O)OC. The minimum Gasteiger partial charge on any atom is -0.492 e. The number of benzene rings is 1. The Morgan fingerprint density at radius 1 is 1.38 bits per heavy atom. The van der Waals surface area contributed by atoms with Crippen LogP contribution in [-0.2, 0) is 4.74 Å². The number of anilines is 1. The Kier molecular flexibility index (Phi) is 4.90. The molecule has 0 fully saturated rings. The normalized spacial score (nSPS) is 10.1. The molecule has 7 heteroatoms. The van der Waals surface area contributed by atoms with Gasteiger partial charge in [0.2, 0.25) is 0 Å². The van der Waals surface area contributed by atoms with Crippen molar-refractivity contribution in [3.05, 3.63) is 41.2 Å². The lowest BCUT2D eigenvalue weighted by Gasteiger charge is -2.14. The minimum absolute atomic E-state index is 0.00991. The molecule has 0 saturated heterocycles. The van der Waals surface area contributed by atoms with E-state index >= 15 is 0 Å². The molecule has 0 spiro atoms. The van der Waals surface area contributed by atoms with Crippen molar-refractivity contribution in [2.75, 3.05) is 19.5 Å². The van der Waals surface area contributed by atoms with Crippen molar-refractivity contribution >= 4 is 17.4 Å². The number of methoxy groups -OCH3 is 1. The van der Waals surface area contributed by atoms with Crippen molar-refractivity contribution in [1.29, 1.82) is 5.26 Å². The van der Waals surface area contributed by atoms with Crippen molar-refractivity contribution in [3.8, 4) is 17.5 Å². The molecule has 1 aromatic heterocycles. The fourth-order valence-corrected chi connectivity index (χ4v) is 2.31. The number of nitriles is 1. The van der Waals surface area contributed by atoms with Crippen LogP contribution in [0.3, 0.4) is 0 Å². The summed E-state index contributed by atoms with van der Waals surface area (Å²) < 4.78 is 11.7. The van der Waals surface area contributed by atoms with E-state index in [1.165, 1.54) is 24.8 Å². The highest BCUT2D eigenvalue weighted by atomic mass is 16.5. The van der Waals surface area contributed by atoms with Gasteiger partial charge in [0.25, 0.3) is 0 Å². The molecule has 1 aromatic carbocycles. The number of nitrogens with two attached hydrogens (primary N) is 1. The van der Waals surface area contributed by atoms with Crippen molar-refractivity contribution in [3.63, 3.8) is 0 Å². The number of rotatable bonds is 5. The molecular formula is C17H17N3O4. The second kappa shape index (κ2) is 6.87. The largest absolute Gasteiger partial charge is 0.492 e. The molecular weight excluding hydrogens is 310 g/mol. The van der Waals surface area contributed by atoms with Crippen molar-refractivity contribution < 1.29 is 19.1 Å². The molecule has 2 rings (SSSR count). The molecule has 0 aliphatic carbocycles. The molecule has 0 aliphatic rings. The van der Waals surface area contributed by atoms with Gasteiger partial charge in [0.05, 0.1) is 30.7 Å². The van der Waals surface area contributed by atoms with Gasteiger partial charge in [0.15, 0.2) is 11.5 Å². The zero-order chi connectivity index (χ0) is 17.9. The van der Waals surface area contributed by atoms with Crippen LogP contribution < -0.4 is 10.5 Å². The minimum atomic E-state index is -0.690. The molecule has 2 aromatic rings. The highest BCUT2D eigenvalue weighted by Gasteiger charge is 2.23. The predicted octanol–water partition coefficient (Wildman–Crippen LogP) is 2.32. The number of aromatic nitrogens is 1. The van der Waals surface area contributed by atoms with E-state index in [1.54, 1.807) is 18.2 Å². The third-order valence-electron chi connectivity index (χ3n) is 3.47. The molecule has 0 amide bonds. The van der Waals surface area contributed by atoms with Gasteiger partial charge in [-0.15, -0.1) is 0 Å². The Balaban J connectivity index is 2.79. The molecule has 7 nitrogen and oxygen atoms in total. The predicted molar refractivity (Wildman–Crippen MR) is 87.4 cm³/mol. The molecule has 2 N–H and O–H groups in total. The number of ketones is 1. The van der Waals surface area contributed by atoms with Crippen LogP contribution in [0.1, 0.15) is 40.3 Å². The zero-order valence-corrected chi connectivity index (χ0v) is 13.6. The Bertz CT molecular complexity index is 846. The quantitative estimate of drug-likeness (QED) is 0.667. The van der Waals surface area contributed by atoms with Gasteiger partial charge in [-0.05, 0) is 32.0 Å². The summed E-state index contributed by atoms with van der Waals surface area (Å²) in [4.78, 5) is 23.8. The smallest absolute Gasteiger partial charge is 0.357 e. The Morgan fingerprint density at radius 3 is 2.62 bits per heavy atom. The number of ether oxygens (including phenoxy) is 2. The van der Waals surface area contributed by atoms with E-state index in [-0.39, 0.29) is 22.7 Å². The zero-order valence-electron chi connectivity index (χ0n) is 13.6. The molecule has 0 atom stereocenters. The van der Waals surface area contributed by atoms with Gasteiger partial charge in [0, 0.05) is 11.8 Å². The number of hydrogen-bond acceptors (Lipinski definition) is 6. The van der Waals surface area contributed by atoms with E-state index < -0.39 is 5.97 Å². The van der Waals surface area contributed by atoms with Gasteiger partial charge in [-0.2, -0.15) is 5.26 Å². The first kappa shape index (κ1) is 17.1. The Morgan fingerprint density at radius 2 is 2.08 bits per heavy atom. The van der Waals surface area contributed by atoms with Gasteiger partial charge in [-0.1, -0.05) is 0 Å². The Labute approximate surface area is 139 Å². The highest BCUT2D eigenvalue weighted by molar-refractivity contribution is 5.97. The van der Waals surface area contributed by atoms with Gasteiger partial charge in [0.1, 0.15) is 11.8 Å². The number of hydrogen-bond donors (Lipinski definition) is 1. The van der Waals surface area contributed by atoms with Crippen LogP contribution in [0.5, 0.6) is 5.75 Å². The van der Waals surface area contributed by atoms with Crippen LogP contribution in [0, 0.1) is 11.3 Å². The van der Waals surface area contributed by atoms with Crippen LogP contribution in [-0.4, -0.2) is 30.0 Å². The summed E-state index contributed by atoms with van der Waals surface area (Å²) in [6.07, 6.45) is 1.42. The lowest BCUT2D eigenvalue weighted by Crippen LogP contribution is -2.12. The van der Waals surface area contributed by atoms with E-state index in [0.717, 1.165) is 0 Å². The molecule has 0 saturated carbocycles. The van der Waals surface area contributed by atoms with E-state index in [0.29, 0.717) is 23.6 Å². The topological polar surface area (TPSA) is 107 Å². The maximum Gasteiger partial charge on any atom is 0.357 e. The van der Waals surface area contributed by atoms with Crippen LogP contribution >= 0.6 is 0 Å². The molecule has 0 aliphatic heterocycles. The van der Waals surface area contributed by atoms with Crippen molar-refractivity contribution in [2.45, 2.75) is 13.8 Å². The van der Waals surface area contributed by atoms with E-state index in [2.05, 4.69) is 0 Å². The first-order valence-corrected chi connectivity index (χ1v) is 7.21. The summed E-state index contributed by atoms with van der Waals surface area (Å²) in [5, 5.41) is 9.19. The summed E-state index contributed by atoms with van der Waals surface area (Å²) in [6.45, 7) is 3.64. The first-order chi connectivity index (χ1) is 11.4. The average Bonchev–Trinajstić information content (AvgIpc) is 2.91. The van der Waals surface area contributed by atoms with E-state index in [1.807, 2.05) is 13.0 Å². The van der Waals surface area contributed by atoms with Crippen LogP contribution in [0.25, 0.3) is 5.69 Å². The van der Waals surface area contributed by atoms with Gasteiger partial charge < -0.3 is 19.8 Å². The van der Waals surface area contributed by atoms with E-state index in [9.17, 15) is 14.9 Å². The third-order valence-corrected chi connectivity index (χ3v) is 3.47. The monoisotopic (exact) mass is 327 g/mol. The van der Waals surface area contributed by atoms with Crippen molar-refractivity contribution in [2.24, 2.45) is 0 Å². The van der Waals surface area contributed by atoms with Crippen LogP contribution in [0.2, 0.25) is 0 Å². The third kappa shape index (κ3) is 2.94. The fourth-order valence-electron chi connectivity index (χ4n) is 2.31. The number of esters is 1. The van der Waals surface area contributed by atoms with Gasteiger partial charge in [-0.3, -0.25) is 4.79 Å². The van der Waals surface area contributed by atoms with Crippen molar-refractivity contribution in [1.82, 2.24) is 4.57 Å². The maximum absolute atomic E-state index is 12.1. The van der Waals surface area contributed by atoms with Gasteiger partial charge in [-0.25, -0.2) is 4.79 Å². The molecule has 0 unspecified atom stereocenters. The molecule has 0 bridgehead atoms. The molecule has 24 heavy (non-hydrogen) atoms. The standard InChI is InChI=1S/C17H17N3O4/c1-4-24-14-6-5-11(10(2)21)7-13(14)20-9-12(8-18)15(19)16(20)17(22)23-3/h5-7,9H,4,19H2,1-3H3. The molecule has 124 valence electrons. The molecule has 0 radical (unpaired) electrons. The first-order valence-electron chi connectivity index (χ1n) is 7.21. The molecule has 1 heterocycles. The second-order valence-corrected chi connectivity index (χ2v) is 4.95. The number of carbonyl (C=O) groups excluding carboxylic acids is 2. The summed E-state index contributed by atoms with van der Waals surface area (Å²) >= 11 is 0. The second-order valence-electron chi connectivity index (χ2n) is 4.95.